The largest absolute Gasteiger partial charge is 0.469 e. The molecule has 1 atom stereocenters. The van der Waals surface area contributed by atoms with E-state index in [0.29, 0.717) is 0 Å². The first-order valence-corrected chi connectivity index (χ1v) is 10.3. The maximum Gasteiger partial charge on any atom is 0.308 e. The van der Waals surface area contributed by atoms with Crippen molar-refractivity contribution in [2.45, 2.75) is 44.6 Å². The van der Waals surface area contributed by atoms with Crippen LogP contribution in [0.3, 0.4) is 0 Å². The van der Waals surface area contributed by atoms with E-state index in [9.17, 15) is 4.79 Å². The molecule has 1 aliphatic carbocycles. The fraction of sp³-hybridized carbons (Fsp3) is 0.524. The highest BCUT2D eigenvalue weighted by atomic mass is 16.5. The summed E-state index contributed by atoms with van der Waals surface area (Å²) in [7, 11) is 1.46. The third-order valence-electron chi connectivity index (χ3n) is 5.81. The van der Waals surface area contributed by atoms with Gasteiger partial charge in [0.25, 0.3) is 0 Å². The third kappa shape index (κ3) is 4.17. The zero-order valence-corrected chi connectivity index (χ0v) is 16.8. The number of carbonyl (C=O) groups excluding carboxylic acids is 1. The molecule has 1 aliphatic heterocycles. The smallest absolute Gasteiger partial charge is 0.308 e. The molecule has 0 aromatic carbocycles. The molecule has 29 heavy (non-hydrogen) atoms. The van der Waals surface area contributed by atoms with Crippen LogP contribution < -0.4 is 10.6 Å². The number of anilines is 1. The molecule has 2 fully saturated rings. The summed E-state index contributed by atoms with van der Waals surface area (Å²) in [5.74, 6) is 1.18. The van der Waals surface area contributed by atoms with E-state index in [-0.39, 0.29) is 17.9 Å². The maximum absolute atomic E-state index is 10.8. The average Bonchev–Trinajstić information content (AvgIpc) is 3.45. The van der Waals surface area contributed by atoms with Gasteiger partial charge in [-0.25, -0.2) is 15.0 Å². The highest BCUT2D eigenvalue weighted by Crippen LogP contribution is 2.30. The molecule has 3 aromatic heterocycles. The van der Waals surface area contributed by atoms with E-state index in [0.717, 1.165) is 66.5 Å². The van der Waals surface area contributed by atoms with Crippen molar-refractivity contribution < 1.29 is 9.53 Å². The second kappa shape index (κ2) is 8.73. The number of carbonyl (C=O) groups is 1. The van der Waals surface area contributed by atoms with Gasteiger partial charge in [0.2, 0.25) is 0 Å². The van der Waals surface area contributed by atoms with Gasteiger partial charge in [-0.15, -0.1) is 0 Å². The molecule has 4 heterocycles. The molecule has 0 spiro atoms. The number of rotatable bonds is 2. The summed E-state index contributed by atoms with van der Waals surface area (Å²) in [6, 6.07) is 2.22. The predicted molar refractivity (Wildman–Crippen MR) is 113 cm³/mol. The van der Waals surface area contributed by atoms with E-state index in [2.05, 4.69) is 29.6 Å². The minimum Gasteiger partial charge on any atom is -0.469 e. The van der Waals surface area contributed by atoms with Gasteiger partial charge in [-0.3, -0.25) is 4.79 Å². The Labute approximate surface area is 169 Å². The van der Waals surface area contributed by atoms with Crippen molar-refractivity contribution in [3.05, 3.63) is 24.8 Å². The van der Waals surface area contributed by atoms with E-state index in [4.69, 9.17) is 5.73 Å². The van der Waals surface area contributed by atoms with E-state index >= 15 is 0 Å². The van der Waals surface area contributed by atoms with Crippen LogP contribution in [0.1, 0.15) is 38.5 Å². The van der Waals surface area contributed by atoms with Gasteiger partial charge in [-0.2, -0.15) is 0 Å². The van der Waals surface area contributed by atoms with Crippen LogP contribution in [-0.2, 0) is 9.53 Å². The Balaban J connectivity index is 0.000000192. The molecule has 0 radical (unpaired) electrons. The standard InChI is InChI=1S/C14H16N6.C7H12O2/c15-9-2-1-5-20(7-9)14-12-10-3-4-16-13(10)17-6-11(12)18-8-19-14;1-9-7(8)6-4-2-3-5-6/h3-4,6,8-9H,1-2,5,7,15H2,(H,18,19);6H,2-5H2,1H3. The van der Waals surface area contributed by atoms with Crippen LogP contribution in [0.15, 0.2) is 24.8 Å². The number of piperidine rings is 1. The fourth-order valence-electron chi connectivity index (χ4n) is 4.31. The molecular weight excluding hydrogens is 368 g/mol. The highest BCUT2D eigenvalue weighted by Gasteiger charge is 2.23. The number of methoxy groups -OCH3 is 1. The van der Waals surface area contributed by atoms with Gasteiger partial charge in [0.15, 0.2) is 5.65 Å². The SMILES string of the molecule is COC(=O)C1CCCC1.NC1CCCN(c2nc[nH]c3cnc4nccc4c23)C1. The summed E-state index contributed by atoms with van der Waals surface area (Å²) in [5.41, 5.74) is 7.84. The number of hydrogen-bond donors (Lipinski definition) is 2. The Morgan fingerprint density at radius 2 is 2.03 bits per heavy atom. The van der Waals surface area contributed by atoms with Crippen LogP contribution in [-0.4, -0.2) is 52.1 Å². The Morgan fingerprint density at radius 1 is 1.21 bits per heavy atom. The summed E-state index contributed by atoms with van der Waals surface area (Å²) in [6.07, 6.45) is 12.0. The molecule has 1 saturated heterocycles. The topological polar surface area (TPSA) is 110 Å². The predicted octanol–water partition coefficient (Wildman–Crippen LogP) is 2.78. The van der Waals surface area contributed by atoms with Crippen LogP contribution in [0.25, 0.3) is 21.9 Å². The van der Waals surface area contributed by atoms with Crippen molar-refractivity contribution >= 4 is 33.7 Å². The van der Waals surface area contributed by atoms with Gasteiger partial charge in [-0.1, -0.05) is 12.8 Å². The Hall–Kier alpha value is -2.74. The molecular formula is C21H28N6O2. The number of ether oxygens (including phenoxy) is 1. The molecule has 0 amide bonds. The number of esters is 1. The molecule has 8 heteroatoms. The van der Waals surface area contributed by atoms with Gasteiger partial charge < -0.3 is 20.4 Å². The Kier molecular flexibility index (Phi) is 5.89. The summed E-state index contributed by atoms with van der Waals surface area (Å²) in [4.78, 5) is 29.4. The van der Waals surface area contributed by atoms with Crippen molar-refractivity contribution in [1.82, 2.24) is 19.9 Å². The van der Waals surface area contributed by atoms with Crippen molar-refractivity contribution in [2.24, 2.45) is 11.7 Å². The van der Waals surface area contributed by atoms with Gasteiger partial charge in [-0.05, 0) is 31.7 Å². The van der Waals surface area contributed by atoms with Crippen LogP contribution in [0.4, 0.5) is 5.82 Å². The normalized spacial score (nSPS) is 19.9. The zero-order chi connectivity index (χ0) is 20.2. The number of fused-ring (bicyclic) bond motifs is 3. The van der Waals surface area contributed by atoms with E-state index in [1.54, 1.807) is 12.5 Å². The van der Waals surface area contributed by atoms with Crippen LogP contribution in [0.2, 0.25) is 0 Å². The summed E-state index contributed by atoms with van der Waals surface area (Å²) >= 11 is 0. The van der Waals surface area contributed by atoms with Crippen LogP contribution in [0, 0.1) is 5.92 Å². The summed E-state index contributed by atoms with van der Waals surface area (Å²) < 4.78 is 4.60. The first kappa shape index (κ1) is 19.6. The Bertz CT molecular complexity index is 982. The number of nitrogens with one attached hydrogen (secondary N) is 1. The first-order valence-electron chi connectivity index (χ1n) is 10.3. The lowest BCUT2D eigenvalue weighted by Crippen LogP contribution is -2.43. The second-order valence-electron chi connectivity index (χ2n) is 7.81. The minimum absolute atomic E-state index is 0.0208. The van der Waals surface area contributed by atoms with Gasteiger partial charge in [0.05, 0.1) is 36.5 Å². The Morgan fingerprint density at radius 3 is 2.79 bits per heavy atom. The third-order valence-corrected chi connectivity index (χ3v) is 5.81. The van der Waals surface area contributed by atoms with E-state index in [1.807, 2.05) is 12.3 Å². The number of aromatic amines is 1. The molecule has 2 aliphatic rings. The lowest BCUT2D eigenvalue weighted by Gasteiger charge is -2.32. The number of nitrogens with two attached hydrogens (primary N) is 1. The van der Waals surface area contributed by atoms with Gasteiger partial charge in [0.1, 0.15) is 5.82 Å². The molecule has 5 rings (SSSR count). The molecule has 3 N–H and O–H groups in total. The van der Waals surface area contributed by atoms with E-state index in [1.165, 1.54) is 20.0 Å². The number of hydrogen-bond acceptors (Lipinski definition) is 7. The van der Waals surface area contributed by atoms with Crippen LogP contribution >= 0.6 is 0 Å². The fourth-order valence-corrected chi connectivity index (χ4v) is 4.31. The summed E-state index contributed by atoms with van der Waals surface area (Å²) in [5, 5.41) is 2.13. The second-order valence-corrected chi connectivity index (χ2v) is 7.81. The molecule has 154 valence electrons. The lowest BCUT2D eigenvalue weighted by atomic mass is 10.1. The number of H-pyrrole nitrogens is 1. The number of aromatic nitrogens is 4. The molecule has 1 saturated carbocycles. The monoisotopic (exact) mass is 396 g/mol. The molecule has 1 unspecified atom stereocenters. The van der Waals surface area contributed by atoms with Crippen molar-refractivity contribution in [1.29, 1.82) is 0 Å². The van der Waals surface area contributed by atoms with E-state index < -0.39 is 0 Å². The van der Waals surface area contributed by atoms with Gasteiger partial charge >= 0.3 is 5.97 Å². The zero-order valence-electron chi connectivity index (χ0n) is 16.8. The van der Waals surface area contributed by atoms with Crippen LogP contribution in [0.5, 0.6) is 0 Å². The number of nitrogens with zero attached hydrogens (tertiary/aromatic N) is 4. The van der Waals surface area contributed by atoms with Crippen molar-refractivity contribution in [3.8, 4) is 0 Å². The molecule has 0 bridgehead atoms. The number of pyridine rings is 1. The average molecular weight is 396 g/mol. The summed E-state index contributed by atoms with van der Waals surface area (Å²) in [6.45, 7) is 1.85. The molecule has 3 aromatic rings. The van der Waals surface area contributed by atoms with Crippen molar-refractivity contribution in [2.75, 3.05) is 25.1 Å². The lowest BCUT2D eigenvalue weighted by molar-refractivity contribution is -0.145. The highest BCUT2D eigenvalue weighted by molar-refractivity contribution is 6.08. The minimum atomic E-state index is -0.0208. The molecule has 8 nitrogen and oxygen atoms in total. The maximum atomic E-state index is 10.8. The van der Waals surface area contributed by atoms with Crippen molar-refractivity contribution in [3.63, 3.8) is 0 Å². The van der Waals surface area contributed by atoms with Gasteiger partial charge in [0, 0.05) is 30.7 Å². The quantitative estimate of drug-likeness (QED) is 0.641. The first-order chi connectivity index (χ1) is 14.2.